The molecule has 138 valence electrons. The summed E-state index contributed by atoms with van der Waals surface area (Å²) in [6, 6.07) is 18.0. The van der Waals surface area contributed by atoms with Gasteiger partial charge < -0.3 is 9.88 Å². The lowest BCUT2D eigenvalue weighted by Gasteiger charge is -2.20. The molecule has 28 heavy (non-hydrogen) atoms. The fourth-order valence-electron chi connectivity index (χ4n) is 3.89. The van der Waals surface area contributed by atoms with Crippen molar-refractivity contribution in [3.8, 4) is 11.4 Å². The molecule has 0 bridgehead atoms. The quantitative estimate of drug-likeness (QED) is 0.581. The third-order valence-corrected chi connectivity index (χ3v) is 5.46. The Morgan fingerprint density at radius 1 is 1.07 bits per heavy atom. The summed E-state index contributed by atoms with van der Waals surface area (Å²) < 4.78 is 0. The summed E-state index contributed by atoms with van der Waals surface area (Å²) in [6.45, 7) is 4.54. The number of H-pyrrole nitrogens is 1. The zero-order valence-electron chi connectivity index (χ0n) is 15.8. The Bertz CT molecular complexity index is 1180. The molecule has 0 aliphatic carbocycles. The summed E-state index contributed by atoms with van der Waals surface area (Å²) in [5, 5.41) is 0. The largest absolute Gasteiger partial charge is 0.338 e. The Labute approximate surface area is 163 Å². The number of aromatic nitrogens is 3. The molecule has 1 aliphatic heterocycles. The maximum Gasteiger partial charge on any atom is 0.237 e. The molecular formula is C23H20N4O. The number of pyridine rings is 1. The van der Waals surface area contributed by atoms with Crippen LogP contribution in [0, 0.1) is 0 Å². The molecule has 0 atom stereocenters. The van der Waals surface area contributed by atoms with E-state index in [1.807, 2.05) is 67.3 Å². The van der Waals surface area contributed by atoms with E-state index in [-0.39, 0.29) is 5.91 Å². The van der Waals surface area contributed by atoms with Gasteiger partial charge in [-0.05, 0) is 49.2 Å². The molecule has 0 unspecified atom stereocenters. The van der Waals surface area contributed by atoms with Crippen molar-refractivity contribution in [2.45, 2.75) is 25.8 Å². The summed E-state index contributed by atoms with van der Waals surface area (Å²) in [6.07, 6.45) is 3.54. The average molecular weight is 368 g/mol. The number of amides is 1. The standard InChI is InChI=1S/C23H20N4O/c1-23(2)17-11-18-19(26-21(25-18)16-9-6-10-24-13-16)12-20(17)27(22(23)28)14-15-7-4-3-5-8-15/h3-13H,14H2,1-2H3,(H,25,26). The number of imidazole rings is 1. The van der Waals surface area contributed by atoms with Crippen LogP contribution in [-0.4, -0.2) is 20.9 Å². The molecule has 5 heteroatoms. The van der Waals surface area contributed by atoms with Crippen LogP contribution in [-0.2, 0) is 16.8 Å². The minimum Gasteiger partial charge on any atom is -0.338 e. The van der Waals surface area contributed by atoms with Gasteiger partial charge in [0.15, 0.2) is 0 Å². The third-order valence-electron chi connectivity index (χ3n) is 5.46. The summed E-state index contributed by atoms with van der Waals surface area (Å²) in [5.41, 5.74) is 5.23. The first-order valence-electron chi connectivity index (χ1n) is 9.34. The lowest BCUT2D eigenvalue weighted by molar-refractivity contribution is -0.122. The van der Waals surface area contributed by atoms with Crippen LogP contribution in [0.5, 0.6) is 0 Å². The van der Waals surface area contributed by atoms with Gasteiger partial charge >= 0.3 is 0 Å². The molecule has 0 fully saturated rings. The minimum atomic E-state index is -0.572. The first-order chi connectivity index (χ1) is 13.5. The predicted octanol–water partition coefficient (Wildman–Crippen LogP) is 4.45. The minimum absolute atomic E-state index is 0.117. The van der Waals surface area contributed by atoms with E-state index in [9.17, 15) is 4.79 Å². The second-order valence-corrected chi connectivity index (χ2v) is 7.72. The van der Waals surface area contributed by atoms with Gasteiger partial charge in [0.1, 0.15) is 5.82 Å². The first kappa shape index (κ1) is 16.7. The van der Waals surface area contributed by atoms with E-state index in [2.05, 4.69) is 16.0 Å². The normalized spacial score (nSPS) is 15.2. The van der Waals surface area contributed by atoms with Gasteiger partial charge in [0.2, 0.25) is 5.91 Å². The highest BCUT2D eigenvalue weighted by Crippen LogP contribution is 2.44. The predicted molar refractivity (Wildman–Crippen MR) is 110 cm³/mol. The van der Waals surface area contributed by atoms with Crippen LogP contribution in [0.15, 0.2) is 67.0 Å². The van der Waals surface area contributed by atoms with E-state index < -0.39 is 5.41 Å². The van der Waals surface area contributed by atoms with Crippen LogP contribution >= 0.6 is 0 Å². The summed E-state index contributed by atoms with van der Waals surface area (Å²) in [4.78, 5) is 27.3. The molecule has 2 aromatic heterocycles. The van der Waals surface area contributed by atoms with Crippen molar-refractivity contribution < 1.29 is 4.79 Å². The van der Waals surface area contributed by atoms with E-state index in [1.165, 1.54) is 0 Å². The maximum atomic E-state index is 13.2. The summed E-state index contributed by atoms with van der Waals surface area (Å²) in [7, 11) is 0. The number of carbonyl (C=O) groups excluding carboxylic acids is 1. The van der Waals surface area contributed by atoms with Crippen molar-refractivity contribution in [3.63, 3.8) is 0 Å². The van der Waals surface area contributed by atoms with E-state index in [1.54, 1.807) is 12.4 Å². The number of carbonyl (C=O) groups is 1. The number of hydrogen-bond acceptors (Lipinski definition) is 3. The Morgan fingerprint density at radius 3 is 2.64 bits per heavy atom. The molecule has 0 saturated heterocycles. The van der Waals surface area contributed by atoms with Crippen molar-refractivity contribution in [2.24, 2.45) is 0 Å². The number of anilines is 1. The van der Waals surface area contributed by atoms with E-state index in [0.29, 0.717) is 6.54 Å². The molecule has 0 saturated carbocycles. The number of nitrogens with zero attached hydrogens (tertiary/aromatic N) is 3. The molecule has 5 nitrogen and oxygen atoms in total. The molecule has 5 rings (SSSR count). The molecule has 1 aliphatic rings. The highest BCUT2D eigenvalue weighted by molar-refractivity contribution is 6.09. The van der Waals surface area contributed by atoms with E-state index >= 15 is 0 Å². The molecule has 3 heterocycles. The molecular weight excluding hydrogens is 348 g/mol. The lowest BCUT2D eigenvalue weighted by atomic mass is 9.86. The van der Waals surface area contributed by atoms with Crippen molar-refractivity contribution in [3.05, 3.63) is 78.1 Å². The fraction of sp³-hybridized carbons (Fsp3) is 0.174. The number of benzene rings is 2. The van der Waals surface area contributed by atoms with Crippen LogP contribution in [0.4, 0.5) is 5.69 Å². The molecule has 4 aromatic rings. The lowest BCUT2D eigenvalue weighted by Crippen LogP contribution is -2.35. The van der Waals surface area contributed by atoms with Gasteiger partial charge in [-0.1, -0.05) is 30.3 Å². The van der Waals surface area contributed by atoms with Gasteiger partial charge in [-0.2, -0.15) is 0 Å². The summed E-state index contributed by atoms with van der Waals surface area (Å²) in [5.74, 6) is 0.900. The van der Waals surface area contributed by atoms with Crippen molar-refractivity contribution in [2.75, 3.05) is 4.90 Å². The molecule has 0 spiro atoms. The van der Waals surface area contributed by atoms with Crippen LogP contribution in [0.3, 0.4) is 0 Å². The van der Waals surface area contributed by atoms with Crippen LogP contribution in [0.1, 0.15) is 25.0 Å². The van der Waals surface area contributed by atoms with Gasteiger partial charge in [0.25, 0.3) is 0 Å². The van der Waals surface area contributed by atoms with Crippen LogP contribution < -0.4 is 4.90 Å². The molecule has 2 aromatic carbocycles. The topological polar surface area (TPSA) is 61.9 Å². The second-order valence-electron chi connectivity index (χ2n) is 7.72. The molecule has 0 radical (unpaired) electrons. The van der Waals surface area contributed by atoms with Crippen molar-refractivity contribution in [1.29, 1.82) is 0 Å². The number of fused-ring (bicyclic) bond motifs is 2. The summed E-state index contributed by atoms with van der Waals surface area (Å²) >= 11 is 0. The number of nitrogens with one attached hydrogen (secondary N) is 1. The fourth-order valence-corrected chi connectivity index (χ4v) is 3.89. The van der Waals surface area contributed by atoms with Crippen molar-refractivity contribution in [1.82, 2.24) is 15.0 Å². The highest BCUT2D eigenvalue weighted by atomic mass is 16.2. The SMILES string of the molecule is CC1(C)C(=O)N(Cc2ccccc2)c2cc3nc(-c4cccnc4)[nH]c3cc21. The molecule has 1 amide bonds. The first-order valence-corrected chi connectivity index (χ1v) is 9.34. The Kier molecular flexibility index (Phi) is 3.59. The van der Waals surface area contributed by atoms with E-state index in [0.717, 1.165) is 39.2 Å². The zero-order valence-corrected chi connectivity index (χ0v) is 15.8. The smallest absolute Gasteiger partial charge is 0.237 e. The average Bonchev–Trinajstić information content (AvgIpc) is 3.21. The number of rotatable bonds is 3. The van der Waals surface area contributed by atoms with Gasteiger partial charge in [-0.25, -0.2) is 4.98 Å². The van der Waals surface area contributed by atoms with Crippen LogP contribution in [0.25, 0.3) is 22.4 Å². The van der Waals surface area contributed by atoms with Gasteiger partial charge in [0.05, 0.1) is 28.7 Å². The Hall–Kier alpha value is -3.47. The maximum absolute atomic E-state index is 13.2. The highest BCUT2D eigenvalue weighted by Gasteiger charge is 2.44. The zero-order chi connectivity index (χ0) is 19.3. The monoisotopic (exact) mass is 368 g/mol. The van der Waals surface area contributed by atoms with Crippen LogP contribution in [0.2, 0.25) is 0 Å². The van der Waals surface area contributed by atoms with Gasteiger partial charge in [0, 0.05) is 18.0 Å². The molecule has 1 N–H and O–H groups in total. The third kappa shape index (κ3) is 2.51. The van der Waals surface area contributed by atoms with Crippen molar-refractivity contribution >= 4 is 22.6 Å². The number of hydrogen-bond donors (Lipinski definition) is 1. The van der Waals surface area contributed by atoms with E-state index in [4.69, 9.17) is 4.98 Å². The second kappa shape index (κ2) is 6.02. The van der Waals surface area contributed by atoms with Gasteiger partial charge in [-0.3, -0.25) is 9.78 Å². The van der Waals surface area contributed by atoms with Gasteiger partial charge in [-0.15, -0.1) is 0 Å². The Balaban J connectivity index is 1.63. The Morgan fingerprint density at radius 2 is 1.89 bits per heavy atom. The number of aromatic amines is 1.